The second-order valence-electron chi connectivity index (χ2n) is 9.20. The molecule has 2 fully saturated rings. The van der Waals surface area contributed by atoms with Crippen molar-refractivity contribution in [1.82, 2.24) is 24.8 Å². The van der Waals surface area contributed by atoms with Crippen molar-refractivity contribution in [3.05, 3.63) is 66.4 Å². The zero-order valence-corrected chi connectivity index (χ0v) is 21.6. The van der Waals surface area contributed by atoms with Gasteiger partial charge in [0.05, 0.1) is 6.26 Å². The molecule has 2 saturated heterocycles. The molecule has 38 heavy (non-hydrogen) atoms. The predicted molar refractivity (Wildman–Crippen MR) is 146 cm³/mol. The van der Waals surface area contributed by atoms with Crippen LogP contribution in [0.1, 0.15) is 16.1 Å². The number of amides is 1. The van der Waals surface area contributed by atoms with E-state index in [1.807, 2.05) is 18.2 Å². The molecule has 1 N–H and O–H groups in total. The summed E-state index contributed by atoms with van der Waals surface area (Å²) in [6.07, 6.45) is 3.04. The average Bonchev–Trinajstić information content (AvgIpc) is 3.51. The van der Waals surface area contributed by atoms with Gasteiger partial charge >= 0.3 is 0 Å². The van der Waals surface area contributed by atoms with Crippen LogP contribution < -0.4 is 15.1 Å². The van der Waals surface area contributed by atoms with E-state index in [-0.39, 0.29) is 5.91 Å². The highest BCUT2D eigenvalue weighted by molar-refractivity contribution is 7.85. The first-order valence-electron chi connectivity index (χ1n) is 12.6. The van der Waals surface area contributed by atoms with E-state index in [9.17, 15) is 9.00 Å². The van der Waals surface area contributed by atoms with Crippen molar-refractivity contribution in [2.75, 3.05) is 65.9 Å². The van der Waals surface area contributed by atoms with Gasteiger partial charge in [-0.25, -0.2) is 15.0 Å². The number of hydrogen-bond donors (Lipinski definition) is 1. The summed E-state index contributed by atoms with van der Waals surface area (Å²) in [4.78, 5) is 37.7. The molecule has 0 spiro atoms. The standard InChI is InChI=1S/C26H28N8O3S/c35-25(20-7-4-14-37-20)33-8-10-34(11-9-33)26-30-21-22(24(31-26)32-12-15-38(36)16-13-32)28-18-29-23(21)27-17-19-5-2-1-3-6-19/h1-7,14,18H,8-13,15-17H2,(H,27,28,29). The van der Waals surface area contributed by atoms with Crippen molar-refractivity contribution in [2.45, 2.75) is 6.54 Å². The number of rotatable bonds is 6. The van der Waals surface area contributed by atoms with Crippen molar-refractivity contribution in [1.29, 1.82) is 0 Å². The topological polar surface area (TPSA) is 121 Å². The van der Waals surface area contributed by atoms with E-state index in [1.54, 1.807) is 17.0 Å². The van der Waals surface area contributed by atoms with E-state index < -0.39 is 10.8 Å². The summed E-state index contributed by atoms with van der Waals surface area (Å²) in [6.45, 7) is 4.11. The van der Waals surface area contributed by atoms with E-state index in [1.165, 1.54) is 12.6 Å². The normalized spacial score (nSPS) is 16.7. The molecular weight excluding hydrogens is 504 g/mol. The number of carbonyl (C=O) groups excluding carboxylic acids is 1. The minimum absolute atomic E-state index is 0.114. The van der Waals surface area contributed by atoms with Crippen LogP contribution in [0.15, 0.2) is 59.5 Å². The zero-order chi connectivity index (χ0) is 25.9. The van der Waals surface area contributed by atoms with E-state index in [2.05, 4.69) is 37.2 Å². The molecular formula is C26H28N8O3S. The Balaban J connectivity index is 1.30. The van der Waals surface area contributed by atoms with Gasteiger partial charge in [-0.3, -0.25) is 9.00 Å². The van der Waals surface area contributed by atoms with Crippen LogP contribution in [-0.2, 0) is 17.3 Å². The monoisotopic (exact) mass is 532 g/mol. The van der Waals surface area contributed by atoms with Gasteiger partial charge in [0.2, 0.25) is 5.95 Å². The van der Waals surface area contributed by atoms with Crippen molar-refractivity contribution in [2.24, 2.45) is 0 Å². The van der Waals surface area contributed by atoms with E-state index >= 15 is 0 Å². The quantitative estimate of drug-likeness (QED) is 0.395. The lowest BCUT2D eigenvalue weighted by Crippen LogP contribution is -2.49. The van der Waals surface area contributed by atoms with Crippen LogP contribution in [0, 0.1) is 0 Å². The van der Waals surface area contributed by atoms with Crippen LogP contribution in [0.3, 0.4) is 0 Å². The van der Waals surface area contributed by atoms with Crippen LogP contribution in [-0.4, -0.2) is 85.7 Å². The van der Waals surface area contributed by atoms with Crippen molar-refractivity contribution < 1.29 is 13.4 Å². The van der Waals surface area contributed by atoms with Gasteiger partial charge in [0.25, 0.3) is 5.91 Å². The molecule has 12 heteroatoms. The Bertz CT molecular complexity index is 1430. The van der Waals surface area contributed by atoms with Gasteiger partial charge in [-0.05, 0) is 17.7 Å². The molecule has 6 rings (SSSR count). The molecule has 0 bridgehead atoms. The molecule has 3 aromatic heterocycles. The minimum Gasteiger partial charge on any atom is -0.459 e. The number of anilines is 3. The number of furan rings is 1. The number of nitrogens with one attached hydrogen (secondary N) is 1. The summed E-state index contributed by atoms with van der Waals surface area (Å²) in [5.74, 6) is 3.35. The maximum absolute atomic E-state index is 12.7. The minimum atomic E-state index is -0.814. The summed E-state index contributed by atoms with van der Waals surface area (Å²) >= 11 is 0. The number of carbonyl (C=O) groups is 1. The molecule has 196 valence electrons. The van der Waals surface area contributed by atoms with Gasteiger partial charge in [0.15, 0.2) is 17.4 Å². The zero-order valence-electron chi connectivity index (χ0n) is 20.8. The summed E-state index contributed by atoms with van der Waals surface area (Å²) in [5.41, 5.74) is 2.44. The first-order chi connectivity index (χ1) is 18.7. The fourth-order valence-electron chi connectivity index (χ4n) is 4.71. The number of aromatic nitrogens is 4. The lowest BCUT2D eigenvalue weighted by Gasteiger charge is -2.35. The highest BCUT2D eigenvalue weighted by Crippen LogP contribution is 2.30. The molecule has 2 aliphatic heterocycles. The average molecular weight is 533 g/mol. The first-order valence-corrected chi connectivity index (χ1v) is 14.1. The van der Waals surface area contributed by atoms with E-state index in [0.29, 0.717) is 85.9 Å². The summed E-state index contributed by atoms with van der Waals surface area (Å²) < 4.78 is 17.3. The molecule has 2 aliphatic rings. The van der Waals surface area contributed by atoms with Crippen LogP contribution >= 0.6 is 0 Å². The van der Waals surface area contributed by atoms with E-state index in [4.69, 9.17) is 14.4 Å². The van der Waals surface area contributed by atoms with Crippen LogP contribution in [0.4, 0.5) is 17.6 Å². The largest absolute Gasteiger partial charge is 0.459 e. The Labute approximate surface area is 222 Å². The number of fused-ring (bicyclic) bond motifs is 1. The fraction of sp³-hybridized carbons (Fsp3) is 0.346. The molecule has 0 radical (unpaired) electrons. The molecule has 5 heterocycles. The lowest BCUT2D eigenvalue weighted by molar-refractivity contribution is 0.0714. The third-order valence-electron chi connectivity index (χ3n) is 6.81. The predicted octanol–water partition coefficient (Wildman–Crippen LogP) is 2.16. The van der Waals surface area contributed by atoms with Crippen molar-refractivity contribution in [3.8, 4) is 0 Å². The Morgan fingerprint density at radius 3 is 2.42 bits per heavy atom. The molecule has 0 unspecified atom stereocenters. The van der Waals surface area contributed by atoms with Crippen molar-refractivity contribution in [3.63, 3.8) is 0 Å². The smallest absolute Gasteiger partial charge is 0.289 e. The maximum atomic E-state index is 12.7. The van der Waals surface area contributed by atoms with Crippen LogP contribution in [0.2, 0.25) is 0 Å². The van der Waals surface area contributed by atoms with Crippen LogP contribution in [0.5, 0.6) is 0 Å². The Morgan fingerprint density at radius 2 is 1.68 bits per heavy atom. The number of benzene rings is 1. The van der Waals surface area contributed by atoms with Gasteiger partial charge < -0.3 is 24.4 Å². The third-order valence-corrected chi connectivity index (χ3v) is 8.09. The Morgan fingerprint density at radius 1 is 0.895 bits per heavy atom. The van der Waals surface area contributed by atoms with Crippen molar-refractivity contribution >= 4 is 45.3 Å². The van der Waals surface area contributed by atoms with Gasteiger partial charge in [0, 0.05) is 68.1 Å². The highest BCUT2D eigenvalue weighted by atomic mass is 32.2. The second-order valence-corrected chi connectivity index (χ2v) is 10.9. The van der Waals surface area contributed by atoms with Gasteiger partial charge in [0.1, 0.15) is 17.4 Å². The molecule has 11 nitrogen and oxygen atoms in total. The molecule has 1 aromatic carbocycles. The SMILES string of the molecule is O=C(c1ccco1)N1CCN(c2nc(N3CCS(=O)CC3)c3ncnc(NCc4ccccc4)c3n2)CC1. The lowest BCUT2D eigenvalue weighted by atomic mass is 10.2. The number of hydrogen-bond acceptors (Lipinski definition) is 10. The first kappa shape index (κ1) is 24.3. The molecule has 0 aliphatic carbocycles. The molecule has 0 atom stereocenters. The van der Waals surface area contributed by atoms with Gasteiger partial charge in [-0.2, -0.15) is 4.98 Å². The second kappa shape index (κ2) is 10.7. The molecule has 1 amide bonds. The summed E-state index contributed by atoms with van der Waals surface area (Å²) in [5, 5.41) is 3.42. The highest BCUT2D eigenvalue weighted by Gasteiger charge is 2.28. The van der Waals surface area contributed by atoms with Gasteiger partial charge in [-0.1, -0.05) is 30.3 Å². The number of piperazine rings is 1. The molecule has 0 saturated carbocycles. The Kier molecular flexibility index (Phi) is 6.86. The van der Waals surface area contributed by atoms with Gasteiger partial charge in [-0.15, -0.1) is 0 Å². The Hall–Kier alpha value is -4.06. The summed E-state index contributed by atoms with van der Waals surface area (Å²) in [7, 11) is -0.814. The fourth-order valence-corrected chi connectivity index (χ4v) is 5.76. The maximum Gasteiger partial charge on any atom is 0.289 e. The van der Waals surface area contributed by atoms with E-state index in [0.717, 1.165) is 11.4 Å². The third kappa shape index (κ3) is 5.03. The number of nitrogens with zero attached hydrogens (tertiary/aromatic N) is 7. The summed E-state index contributed by atoms with van der Waals surface area (Å²) in [6, 6.07) is 13.5. The van der Waals surface area contributed by atoms with Crippen LogP contribution in [0.25, 0.3) is 11.0 Å². The molecule has 4 aromatic rings.